The Labute approximate surface area is 145 Å². The highest BCUT2D eigenvalue weighted by Crippen LogP contribution is 2.51. The van der Waals surface area contributed by atoms with E-state index in [-0.39, 0.29) is 11.8 Å². The molecule has 6 heteroatoms. The molecule has 0 bridgehead atoms. The van der Waals surface area contributed by atoms with Crippen molar-refractivity contribution in [3.05, 3.63) is 71.0 Å². The van der Waals surface area contributed by atoms with Gasteiger partial charge < -0.3 is 0 Å². The number of hydrogen-bond donors (Lipinski definition) is 0. The maximum absolute atomic E-state index is 13.6. The predicted molar refractivity (Wildman–Crippen MR) is 93.8 cm³/mol. The predicted octanol–water partition coefficient (Wildman–Crippen LogP) is 4.02. The zero-order chi connectivity index (χ0) is 17.8. The van der Waals surface area contributed by atoms with Crippen LogP contribution in [0, 0.1) is 24.5 Å². The molecule has 128 valence electrons. The minimum atomic E-state index is -0.803. The highest BCUT2D eigenvalue weighted by molar-refractivity contribution is 5.80. The number of hydrogen-bond acceptors (Lipinski definition) is 4. The first kappa shape index (κ1) is 17.1. The van der Waals surface area contributed by atoms with Gasteiger partial charge in [-0.2, -0.15) is 0 Å². The quantitative estimate of drug-likeness (QED) is 0.746. The first-order valence-corrected chi connectivity index (χ1v) is 7.97. The number of aromatic nitrogens is 2. The lowest BCUT2D eigenvalue weighted by Crippen LogP contribution is -1.96. The van der Waals surface area contributed by atoms with Gasteiger partial charge in [0.05, 0.1) is 6.54 Å². The Bertz CT molecular complexity index is 808. The summed E-state index contributed by atoms with van der Waals surface area (Å²) in [7, 11) is 0. The van der Waals surface area contributed by atoms with E-state index in [4.69, 9.17) is 0 Å². The van der Waals surface area contributed by atoms with Gasteiger partial charge in [-0.15, -0.1) is 0 Å². The molecule has 0 spiro atoms. The lowest BCUT2D eigenvalue weighted by Gasteiger charge is -2.05. The Morgan fingerprint density at radius 2 is 2.08 bits per heavy atom. The Balaban J connectivity index is 1.71. The van der Waals surface area contributed by atoms with E-state index in [2.05, 4.69) is 26.7 Å². The number of allylic oxidation sites excluding steroid dienone is 1. The summed E-state index contributed by atoms with van der Waals surface area (Å²) in [5.74, 6) is -0.638. The molecule has 1 heterocycles. The van der Waals surface area contributed by atoms with Crippen molar-refractivity contribution in [1.29, 1.82) is 0 Å². The van der Waals surface area contributed by atoms with Crippen molar-refractivity contribution >= 4 is 12.9 Å². The van der Waals surface area contributed by atoms with Crippen molar-refractivity contribution in [3.8, 4) is 0 Å². The Morgan fingerprint density at radius 3 is 2.76 bits per heavy atom. The van der Waals surface area contributed by atoms with Crippen molar-refractivity contribution in [2.24, 2.45) is 15.9 Å². The second kappa shape index (κ2) is 7.42. The van der Waals surface area contributed by atoms with Gasteiger partial charge >= 0.3 is 0 Å². The standard InChI is InChI=1S/C19H18F2N4/c1-12-6-13(7-17(20)19(12)21)15-8-16(15)14(9-22-2)10-23-11-18-24-4-3-5-25-18/h3-7,9-10,15-16H,2,8,11H2,1H3/b14-9+,23-10-. The summed E-state index contributed by atoms with van der Waals surface area (Å²) in [6.07, 6.45) is 7.58. The molecule has 1 aromatic carbocycles. The highest BCUT2D eigenvalue weighted by atomic mass is 19.2. The summed E-state index contributed by atoms with van der Waals surface area (Å²) in [5, 5.41) is 0. The maximum atomic E-state index is 13.6. The number of benzene rings is 1. The van der Waals surface area contributed by atoms with Gasteiger partial charge in [-0.1, -0.05) is 6.07 Å². The maximum Gasteiger partial charge on any atom is 0.161 e. The number of halogens is 2. The van der Waals surface area contributed by atoms with Crippen LogP contribution in [0.15, 0.2) is 52.4 Å². The zero-order valence-corrected chi connectivity index (χ0v) is 13.9. The third-order valence-corrected chi connectivity index (χ3v) is 4.21. The first-order valence-electron chi connectivity index (χ1n) is 7.97. The zero-order valence-electron chi connectivity index (χ0n) is 13.9. The molecule has 2 unspecified atom stereocenters. The molecule has 0 N–H and O–H groups in total. The molecule has 1 aromatic heterocycles. The number of aryl methyl sites for hydroxylation is 1. The molecule has 25 heavy (non-hydrogen) atoms. The van der Waals surface area contributed by atoms with Gasteiger partial charge in [0.1, 0.15) is 5.82 Å². The summed E-state index contributed by atoms with van der Waals surface area (Å²) >= 11 is 0. The Kier molecular flexibility index (Phi) is 5.07. The fraction of sp³-hybridized carbons (Fsp3) is 0.263. The van der Waals surface area contributed by atoms with Crippen LogP contribution in [0.3, 0.4) is 0 Å². The average Bonchev–Trinajstić information content (AvgIpc) is 3.40. The lowest BCUT2D eigenvalue weighted by atomic mass is 10.0. The van der Waals surface area contributed by atoms with Crippen LogP contribution >= 0.6 is 0 Å². The minimum absolute atomic E-state index is 0.140. The highest BCUT2D eigenvalue weighted by Gasteiger charge is 2.41. The van der Waals surface area contributed by atoms with Crippen LogP contribution in [0.5, 0.6) is 0 Å². The van der Waals surface area contributed by atoms with Crippen molar-refractivity contribution in [2.45, 2.75) is 25.8 Å². The minimum Gasteiger partial charge on any atom is -0.285 e. The van der Waals surface area contributed by atoms with Crippen LogP contribution < -0.4 is 0 Å². The SMILES string of the molecule is C=N/C=C(\C=N/Cc1ncccn1)C1CC1c1cc(C)c(F)c(F)c1. The first-order chi connectivity index (χ1) is 12.1. The fourth-order valence-corrected chi connectivity index (χ4v) is 2.87. The number of rotatable bonds is 6. The smallest absolute Gasteiger partial charge is 0.161 e. The van der Waals surface area contributed by atoms with Gasteiger partial charge in [0.25, 0.3) is 0 Å². The second-order valence-corrected chi connectivity index (χ2v) is 6.03. The molecule has 1 saturated carbocycles. The molecule has 4 nitrogen and oxygen atoms in total. The average molecular weight is 340 g/mol. The van der Waals surface area contributed by atoms with Gasteiger partial charge in [-0.3, -0.25) is 9.98 Å². The van der Waals surface area contributed by atoms with Crippen LogP contribution in [0.2, 0.25) is 0 Å². The molecule has 1 aliphatic carbocycles. The van der Waals surface area contributed by atoms with Crippen molar-refractivity contribution in [3.63, 3.8) is 0 Å². The van der Waals surface area contributed by atoms with Gasteiger partial charge in [-0.05, 0) is 60.7 Å². The number of aliphatic imine (C=N–C) groups is 2. The second-order valence-electron chi connectivity index (χ2n) is 6.03. The van der Waals surface area contributed by atoms with Gasteiger partial charge in [0.15, 0.2) is 11.6 Å². The van der Waals surface area contributed by atoms with E-state index >= 15 is 0 Å². The third-order valence-electron chi connectivity index (χ3n) is 4.21. The number of nitrogens with zero attached hydrogens (tertiary/aromatic N) is 4. The summed E-state index contributed by atoms with van der Waals surface area (Å²) in [6.45, 7) is 5.44. The van der Waals surface area contributed by atoms with Gasteiger partial charge in [0, 0.05) is 24.8 Å². The summed E-state index contributed by atoms with van der Waals surface area (Å²) < 4.78 is 27.1. The third kappa shape index (κ3) is 4.02. The van der Waals surface area contributed by atoms with E-state index in [9.17, 15) is 8.78 Å². The van der Waals surface area contributed by atoms with Gasteiger partial charge in [-0.25, -0.2) is 18.7 Å². The van der Waals surface area contributed by atoms with Crippen LogP contribution in [0.4, 0.5) is 8.78 Å². The summed E-state index contributed by atoms with van der Waals surface area (Å²) in [4.78, 5) is 16.4. The van der Waals surface area contributed by atoms with E-state index in [1.165, 1.54) is 6.07 Å². The lowest BCUT2D eigenvalue weighted by molar-refractivity contribution is 0.501. The Morgan fingerprint density at radius 1 is 1.32 bits per heavy atom. The Hall–Kier alpha value is -2.76. The van der Waals surface area contributed by atoms with Gasteiger partial charge in [0.2, 0.25) is 0 Å². The van der Waals surface area contributed by atoms with E-state index < -0.39 is 11.6 Å². The van der Waals surface area contributed by atoms with Crippen LogP contribution in [0.25, 0.3) is 0 Å². The van der Waals surface area contributed by atoms with E-state index in [1.807, 2.05) is 0 Å². The summed E-state index contributed by atoms with van der Waals surface area (Å²) in [5.41, 5.74) is 2.04. The molecule has 0 amide bonds. The molecular formula is C19H18F2N4. The van der Waals surface area contributed by atoms with Crippen LogP contribution in [0.1, 0.15) is 29.3 Å². The molecule has 3 rings (SSSR count). The monoisotopic (exact) mass is 340 g/mol. The van der Waals surface area contributed by atoms with E-state index in [1.54, 1.807) is 43.9 Å². The molecule has 1 aliphatic rings. The molecular weight excluding hydrogens is 322 g/mol. The van der Waals surface area contributed by atoms with Crippen molar-refractivity contribution < 1.29 is 8.78 Å². The molecule has 0 saturated heterocycles. The van der Waals surface area contributed by atoms with Crippen molar-refractivity contribution in [1.82, 2.24) is 9.97 Å². The van der Waals surface area contributed by atoms with Crippen molar-refractivity contribution in [2.75, 3.05) is 0 Å². The molecule has 2 aromatic rings. The molecule has 2 atom stereocenters. The van der Waals surface area contributed by atoms with Crippen LogP contribution in [-0.4, -0.2) is 22.9 Å². The summed E-state index contributed by atoms with van der Waals surface area (Å²) in [6, 6.07) is 4.73. The van der Waals surface area contributed by atoms with E-state index in [0.29, 0.717) is 17.9 Å². The molecule has 0 aliphatic heterocycles. The molecule has 0 radical (unpaired) electrons. The fourth-order valence-electron chi connectivity index (χ4n) is 2.87. The normalized spacial score (nSPS) is 20.0. The van der Waals surface area contributed by atoms with E-state index in [0.717, 1.165) is 17.6 Å². The largest absolute Gasteiger partial charge is 0.285 e. The van der Waals surface area contributed by atoms with Crippen LogP contribution in [-0.2, 0) is 6.54 Å². The topological polar surface area (TPSA) is 50.5 Å². The molecule has 1 fully saturated rings.